The van der Waals surface area contributed by atoms with Gasteiger partial charge in [0, 0.05) is 17.4 Å². The predicted molar refractivity (Wildman–Crippen MR) is 63.1 cm³/mol. The number of benzene rings is 1. The third kappa shape index (κ3) is 3.47. The van der Waals surface area contributed by atoms with E-state index in [1.165, 1.54) is 5.56 Å². The number of amidine groups is 1. The lowest BCUT2D eigenvalue weighted by Gasteiger charge is -2.05. The molecule has 0 atom stereocenters. The summed E-state index contributed by atoms with van der Waals surface area (Å²) in [7, 11) is 0. The molecule has 1 rings (SSSR count). The molecule has 0 aliphatic heterocycles. The van der Waals surface area contributed by atoms with Crippen LogP contribution in [0.3, 0.4) is 0 Å². The summed E-state index contributed by atoms with van der Waals surface area (Å²) in [4.78, 5) is 4.23. The molecule has 0 saturated carbocycles. The Hall–Kier alpha value is -0.870. The fraction of sp³-hybridized carbons (Fsp3) is 0.300. The van der Waals surface area contributed by atoms with E-state index in [0.29, 0.717) is 0 Å². The monoisotopic (exact) mass is 255 g/mol. The number of hydrogen-bond acceptors (Lipinski definition) is 2. The number of aliphatic imine (C=N–C) groups is 1. The van der Waals surface area contributed by atoms with Crippen LogP contribution in [-0.4, -0.2) is 12.4 Å². The zero-order valence-corrected chi connectivity index (χ0v) is 9.71. The van der Waals surface area contributed by atoms with Crippen LogP contribution < -0.4 is 11.3 Å². The number of rotatable bonds is 3. The van der Waals surface area contributed by atoms with Crippen molar-refractivity contribution in [2.45, 2.75) is 13.3 Å². The third-order valence-electron chi connectivity index (χ3n) is 1.78. The number of halogens is 1. The first-order valence-corrected chi connectivity index (χ1v) is 5.30. The Morgan fingerprint density at radius 3 is 2.93 bits per heavy atom. The SMILES string of the molecule is CCN=C(Cc1cccc(Br)c1)NN. The van der Waals surface area contributed by atoms with Crippen molar-refractivity contribution in [3.05, 3.63) is 34.3 Å². The van der Waals surface area contributed by atoms with Gasteiger partial charge in [0.05, 0.1) is 0 Å². The van der Waals surface area contributed by atoms with E-state index >= 15 is 0 Å². The molecule has 0 unspecified atom stereocenters. The molecule has 0 aliphatic carbocycles. The van der Waals surface area contributed by atoms with Crippen molar-refractivity contribution in [3.8, 4) is 0 Å². The molecule has 0 aromatic heterocycles. The fourth-order valence-electron chi connectivity index (χ4n) is 1.18. The first kappa shape index (κ1) is 11.2. The van der Waals surface area contributed by atoms with Gasteiger partial charge in [-0.1, -0.05) is 28.1 Å². The predicted octanol–water partition coefficient (Wildman–Crippen LogP) is 1.87. The second-order valence-electron chi connectivity index (χ2n) is 2.87. The van der Waals surface area contributed by atoms with E-state index in [1.54, 1.807) is 0 Å². The van der Waals surface area contributed by atoms with Crippen LogP contribution in [0.15, 0.2) is 33.7 Å². The van der Waals surface area contributed by atoms with Gasteiger partial charge in [-0.05, 0) is 24.6 Å². The van der Waals surface area contributed by atoms with Gasteiger partial charge < -0.3 is 5.43 Å². The van der Waals surface area contributed by atoms with Crippen LogP contribution in [0.2, 0.25) is 0 Å². The van der Waals surface area contributed by atoms with Crippen molar-refractivity contribution in [1.29, 1.82) is 0 Å². The molecular formula is C10H14BrN3. The van der Waals surface area contributed by atoms with Crippen LogP contribution in [0.25, 0.3) is 0 Å². The van der Waals surface area contributed by atoms with Crippen LogP contribution >= 0.6 is 15.9 Å². The second kappa shape index (κ2) is 5.78. The van der Waals surface area contributed by atoms with Gasteiger partial charge in [0.25, 0.3) is 0 Å². The maximum Gasteiger partial charge on any atom is 0.115 e. The zero-order valence-electron chi connectivity index (χ0n) is 8.13. The lowest BCUT2D eigenvalue weighted by atomic mass is 10.1. The molecule has 3 N–H and O–H groups in total. The molecule has 4 heteroatoms. The Morgan fingerprint density at radius 1 is 1.57 bits per heavy atom. The summed E-state index contributed by atoms with van der Waals surface area (Å²) < 4.78 is 1.07. The normalized spacial score (nSPS) is 11.5. The first-order chi connectivity index (χ1) is 6.76. The molecule has 0 radical (unpaired) electrons. The van der Waals surface area contributed by atoms with Gasteiger partial charge >= 0.3 is 0 Å². The van der Waals surface area contributed by atoms with Gasteiger partial charge in [-0.3, -0.25) is 4.99 Å². The van der Waals surface area contributed by atoms with E-state index in [2.05, 4.69) is 32.4 Å². The van der Waals surface area contributed by atoms with Gasteiger partial charge in [-0.2, -0.15) is 0 Å². The molecule has 0 heterocycles. The standard InChI is InChI=1S/C10H14BrN3/c1-2-13-10(14-12)7-8-4-3-5-9(11)6-8/h3-6H,2,7,12H2,1H3,(H,13,14). The number of nitrogens with one attached hydrogen (secondary N) is 1. The molecule has 0 spiro atoms. The van der Waals surface area contributed by atoms with E-state index < -0.39 is 0 Å². The average molecular weight is 256 g/mol. The van der Waals surface area contributed by atoms with Crippen LogP contribution in [0.4, 0.5) is 0 Å². The third-order valence-corrected chi connectivity index (χ3v) is 2.27. The van der Waals surface area contributed by atoms with Crippen LogP contribution in [0, 0.1) is 0 Å². The quantitative estimate of drug-likeness (QED) is 0.375. The molecule has 0 amide bonds. The van der Waals surface area contributed by atoms with E-state index in [4.69, 9.17) is 5.84 Å². The lowest BCUT2D eigenvalue weighted by Crippen LogP contribution is -2.32. The van der Waals surface area contributed by atoms with Crippen molar-refractivity contribution < 1.29 is 0 Å². The van der Waals surface area contributed by atoms with Gasteiger partial charge in [0.15, 0.2) is 0 Å². The topological polar surface area (TPSA) is 50.4 Å². The Kier molecular flexibility index (Phi) is 4.62. The van der Waals surface area contributed by atoms with Crippen molar-refractivity contribution in [2.24, 2.45) is 10.8 Å². The van der Waals surface area contributed by atoms with Gasteiger partial charge in [0.1, 0.15) is 5.84 Å². The van der Waals surface area contributed by atoms with Crippen molar-refractivity contribution in [1.82, 2.24) is 5.43 Å². The Labute approximate surface area is 92.5 Å². The lowest BCUT2D eigenvalue weighted by molar-refractivity contribution is 0.957. The van der Waals surface area contributed by atoms with E-state index in [1.807, 2.05) is 25.1 Å². The molecule has 1 aromatic rings. The van der Waals surface area contributed by atoms with E-state index in [9.17, 15) is 0 Å². The maximum atomic E-state index is 5.35. The number of hydrogen-bond donors (Lipinski definition) is 2. The largest absolute Gasteiger partial charge is 0.312 e. The van der Waals surface area contributed by atoms with Crippen molar-refractivity contribution >= 4 is 21.8 Å². The van der Waals surface area contributed by atoms with Crippen molar-refractivity contribution in [2.75, 3.05) is 6.54 Å². The van der Waals surface area contributed by atoms with Crippen LogP contribution in [0.1, 0.15) is 12.5 Å². The summed E-state index contributed by atoms with van der Waals surface area (Å²) >= 11 is 3.42. The van der Waals surface area contributed by atoms with Crippen molar-refractivity contribution in [3.63, 3.8) is 0 Å². The fourth-order valence-corrected chi connectivity index (χ4v) is 1.63. The van der Waals surface area contributed by atoms with Gasteiger partial charge in [-0.25, -0.2) is 5.84 Å². The van der Waals surface area contributed by atoms with Crippen LogP contribution in [0.5, 0.6) is 0 Å². The van der Waals surface area contributed by atoms with Crippen LogP contribution in [-0.2, 0) is 6.42 Å². The molecule has 0 bridgehead atoms. The summed E-state index contributed by atoms with van der Waals surface area (Å²) in [5, 5.41) is 0. The molecule has 3 nitrogen and oxygen atoms in total. The minimum Gasteiger partial charge on any atom is -0.312 e. The number of nitrogens with zero attached hydrogens (tertiary/aromatic N) is 1. The number of hydrazine groups is 1. The first-order valence-electron chi connectivity index (χ1n) is 4.50. The highest BCUT2D eigenvalue weighted by Crippen LogP contribution is 2.12. The summed E-state index contributed by atoms with van der Waals surface area (Å²) in [6, 6.07) is 8.10. The molecule has 0 saturated heterocycles. The highest BCUT2D eigenvalue weighted by atomic mass is 79.9. The minimum absolute atomic E-state index is 0.740. The maximum absolute atomic E-state index is 5.35. The highest BCUT2D eigenvalue weighted by Gasteiger charge is 1.99. The highest BCUT2D eigenvalue weighted by molar-refractivity contribution is 9.10. The van der Waals surface area contributed by atoms with Gasteiger partial charge in [0.2, 0.25) is 0 Å². The summed E-state index contributed by atoms with van der Waals surface area (Å²) in [5.74, 6) is 6.16. The van der Waals surface area contributed by atoms with Gasteiger partial charge in [-0.15, -0.1) is 0 Å². The molecule has 0 fully saturated rings. The Bertz CT molecular complexity index is 323. The Morgan fingerprint density at radius 2 is 2.36 bits per heavy atom. The zero-order chi connectivity index (χ0) is 10.4. The summed E-state index contributed by atoms with van der Waals surface area (Å²) in [5.41, 5.74) is 3.79. The van der Waals surface area contributed by atoms with E-state index in [-0.39, 0.29) is 0 Å². The Balaban J connectivity index is 2.72. The minimum atomic E-state index is 0.740. The average Bonchev–Trinajstić information content (AvgIpc) is 2.17. The molecule has 14 heavy (non-hydrogen) atoms. The molecule has 76 valence electrons. The molecular weight excluding hydrogens is 242 g/mol. The second-order valence-corrected chi connectivity index (χ2v) is 3.79. The molecule has 0 aliphatic rings. The summed E-state index contributed by atoms with van der Waals surface area (Å²) in [6.07, 6.45) is 0.740. The smallest absolute Gasteiger partial charge is 0.115 e. The summed E-state index contributed by atoms with van der Waals surface area (Å²) in [6.45, 7) is 2.73. The van der Waals surface area contributed by atoms with E-state index in [0.717, 1.165) is 23.3 Å². The molecule has 1 aromatic carbocycles. The number of nitrogens with two attached hydrogens (primary N) is 1.